The molecule has 0 saturated heterocycles. The van der Waals surface area contributed by atoms with E-state index in [1.54, 1.807) is 11.9 Å². The number of hydrogen-bond donors (Lipinski definition) is 0. The van der Waals surface area contributed by atoms with Gasteiger partial charge in [0, 0.05) is 7.05 Å². The Morgan fingerprint density at radius 1 is 1.45 bits per heavy atom. The zero-order valence-electron chi connectivity index (χ0n) is 11.5. The number of amides is 1. The Morgan fingerprint density at radius 2 is 2.20 bits per heavy atom. The van der Waals surface area contributed by atoms with Gasteiger partial charge in [-0.15, -0.1) is 0 Å². The zero-order chi connectivity index (χ0) is 14.5. The summed E-state index contributed by atoms with van der Waals surface area (Å²) in [6.45, 7) is -0.564. The molecule has 20 heavy (non-hydrogen) atoms. The second-order valence-electron chi connectivity index (χ2n) is 4.97. The number of alkyl halides is 2. The second kappa shape index (κ2) is 6.79. The molecule has 0 aromatic heterocycles. The molecule has 1 atom stereocenters. The molecule has 2 rings (SSSR count). The number of aryl methyl sites for hydroxylation is 1. The number of nitrogens with zero attached hydrogens (tertiary/aromatic N) is 1. The minimum Gasteiger partial charge on any atom is -0.375 e. The zero-order valence-corrected chi connectivity index (χ0v) is 11.5. The van der Waals surface area contributed by atoms with Crippen LogP contribution < -0.4 is 0 Å². The normalized spacial score (nSPS) is 17.3. The van der Waals surface area contributed by atoms with E-state index in [-0.39, 0.29) is 25.0 Å². The van der Waals surface area contributed by atoms with E-state index in [4.69, 9.17) is 4.74 Å². The molecule has 1 unspecified atom stereocenters. The molecular formula is C15H19F2NO2. The van der Waals surface area contributed by atoms with Crippen LogP contribution in [-0.4, -0.2) is 37.5 Å². The highest BCUT2D eigenvalue weighted by Crippen LogP contribution is 2.34. The van der Waals surface area contributed by atoms with E-state index in [0.29, 0.717) is 0 Å². The molecule has 0 fully saturated rings. The predicted molar refractivity (Wildman–Crippen MR) is 71.7 cm³/mol. The van der Waals surface area contributed by atoms with Crippen molar-refractivity contribution in [2.75, 3.05) is 20.3 Å². The number of carbonyl (C=O) groups is 1. The smallest absolute Gasteiger partial charge is 0.261 e. The standard InChI is InChI=1S/C15H19F2NO2/c1-18(15(19)8-9-20-10-14(16)17)13-7-6-11-4-2-3-5-12(11)13/h2-5,13-14H,6-10H2,1H3. The lowest BCUT2D eigenvalue weighted by Gasteiger charge is -2.25. The van der Waals surface area contributed by atoms with Crippen LogP contribution in [0.3, 0.4) is 0 Å². The summed E-state index contributed by atoms with van der Waals surface area (Å²) in [7, 11) is 1.77. The van der Waals surface area contributed by atoms with Gasteiger partial charge in [0.1, 0.15) is 6.61 Å². The van der Waals surface area contributed by atoms with Gasteiger partial charge in [-0.3, -0.25) is 4.79 Å². The average molecular weight is 283 g/mol. The molecule has 1 aromatic rings. The molecule has 1 aromatic carbocycles. The minimum atomic E-state index is -2.48. The largest absolute Gasteiger partial charge is 0.375 e. The van der Waals surface area contributed by atoms with Crippen molar-refractivity contribution in [1.29, 1.82) is 0 Å². The number of hydrogen-bond acceptors (Lipinski definition) is 2. The fourth-order valence-electron chi connectivity index (χ4n) is 2.62. The maximum absolute atomic E-state index is 12.0. The average Bonchev–Trinajstić information content (AvgIpc) is 2.86. The van der Waals surface area contributed by atoms with Gasteiger partial charge in [0.25, 0.3) is 6.43 Å². The van der Waals surface area contributed by atoms with Gasteiger partial charge in [-0.05, 0) is 24.0 Å². The number of ether oxygens (including phenoxy) is 1. The Bertz CT molecular complexity index is 465. The molecule has 1 aliphatic rings. The van der Waals surface area contributed by atoms with Crippen LogP contribution in [-0.2, 0) is 16.0 Å². The maximum Gasteiger partial charge on any atom is 0.261 e. The van der Waals surface area contributed by atoms with E-state index < -0.39 is 13.0 Å². The van der Waals surface area contributed by atoms with Crippen LogP contribution in [0.4, 0.5) is 8.78 Å². The summed E-state index contributed by atoms with van der Waals surface area (Å²) >= 11 is 0. The van der Waals surface area contributed by atoms with E-state index in [0.717, 1.165) is 12.8 Å². The lowest BCUT2D eigenvalue weighted by Crippen LogP contribution is -2.30. The van der Waals surface area contributed by atoms with Gasteiger partial charge in [-0.2, -0.15) is 0 Å². The molecule has 0 saturated carbocycles. The molecule has 1 aliphatic carbocycles. The fourth-order valence-corrected chi connectivity index (χ4v) is 2.62. The van der Waals surface area contributed by atoms with Gasteiger partial charge in [0.05, 0.1) is 19.1 Å². The summed E-state index contributed by atoms with van der Waals surface area (Å²) in [6.07, 6.45) is -0.452. The highest BCUT2D eigenvalue weighted by atomic mass is 19.3. The predicted octanol–water partition coefficient (Wildman–Crippen LogP) is 2.80. The third-order valence-corrected chi connectivity index (χ3v) is 3.67. The molecule has 0 radical (unpaired) electrons. The first-order valence-electron chi connectivity index (χ1n) is 6.79. The van der Waals surface area contributed by atoms with Gasteiger partial charge in [0.15, 0.2) is 0 Å². The monoisotopic (exact) mass is 283 g/mol. The van der Waals surface area contributed by atoms with Crippen LogP contribution in [0.25, 0.3) is 0 Å². The Kier molecular flexibility index (Phi) is 5.06. The van der Waals surface area contributed by atoms with Crippen LogP contribution in [0.1, 0.15) is 30.0 Å². The van der Waals surface area contributed by atoms with E-state index >= 15 is 0 Å². The molecule has 3 nitrogen and oxygen atoms in total. The van der Waals surface area contributed by atoms with Crippen molar-refractivity contribution in [3.05, 3.63) is 35.4 Å². The molecule has 0 N–H and O–H groups in total. The first-order valence-corrected chi connectivity index (χ1v) is 6.79. The van der Waals surface area contributed by atoms with Crippen LogP contribution in [0, 0.1) is 0 Å². The lowest BCUT2D eigenvalue weighted by atomic mass is 10.1. The molecule has 0 aliphatic heterocycles. The van der Waals surface area contributed by atoms with E-state index in [1.165, 1.54) is 11.1 Å². The Balaban J connectivity index is 1.85. The third-order valence-electron chi connectivity index (χ3n) is 3.67. The number of halogens is 2. The van der Waals surface area contributed by atoms with Gasteiger partial charge >= 0.3 is 0 Å². The van der Waals surface area contributed by atoms with Crippen LogP contribution in [0.2, 0.25) is 0 Å². The highest BCUT2D eigenvalue weighted by Gasteiger charge is 2.27. The van der Waals surface area contributed by atoms with E-state index in [2.05, 4.69) is 6.07 Å². The number of carbonyl (C=O) groups excluding carboxylic acids is 1. The summed E-state index contributed by atoms with van der Waals surface area (Å²) in [5.41, 5.74) is 2.47. The fraction of sp³-hybridized carbons (Fsp3) is 0.533. The maximum atomic E-state index is 12.0. The molecule has 0 spiro atoms. The number of rotatable bonds is 6. The molecule has 110 valence electrons. The molecule has 5 heteroatoms. The lowest BCUT2D eigenvalue weighted by molar-refractivity contribution is -0.133. The van der Waals surface area contributed by atoms with Crippen LogP contribution in [0.15, 0.2) is 24.3 Å². The Labute approximate surface area is 117 Å². The summed E-state index contributed by atoms with van der Waals surface area (Å²) in [4.78, 5) is 13.7. The number of benzene rings is 1. The summed E-state index contributed by atoms with van der Waals surface area (Å²) in [5.74, 6) is -0.0685. The van der Waals surface area contributed by atoms with Crippen molar-refractivity contribution in [2.24, 2.45) is 0 Å². The van der Waals surface area contributed by atoms with Gasteiger partial charge in [-0.25, -0.2) is 8.78 Å². The third kappa shape index (κ3) is 3.54. The first kappa shape index (κ1) is 14.9. The summed E-state index contributed by atoms with van der Waals surface area (Å²) < 4.78 is 28.6. The van der Waals surface area contributed by atoms with Gasteiger partial charge < -0.3 is 9.64 Å². The molecular weight excluding hydrogens is 264 g/mol. The molecule has 0 bridgehead atoms. The van der Waals surface area contributed by atoms with Crippen molar-refractivity contribution in [2.45, 2.75) is 31.7 Å². The van der Waals surface area contributed by atoms with E-state index in [9.17, 15) is 13.6 Å². The Hall–Kier alpha value is -1.49. The van der Waals surface area contributed by atoms with Crippen molar-refractivity contribution in [3.8, 4) is 0 Å². The van der Waals surface area contributed by atoms with Gasteiger partial charge in [-0.1, -0.05) is 24.3 Å². The number of fused-ring (bicyclic) bond motifs is 1. The van der Waals surface area contributed by atoms with Crippen molar-refractivity contribution in [3.63, 3.8) is 0 Å². The van der Waals surface area contributed by atoms with Crippen molar-refractivity contribution < 1.29 is 18.3 Å². The quantitative estimate of drug-likeness (QED) is 0.751. The van der Waals surface area contributed by atoms with Crippen molar-refractivity contribution in [1.82, 2.24) is 4.90 Å². The SMILES string of the molecule is CN(C(=O)CCOCC(F)F)C1CCc2ccccc21. The van der Waals surface area contributed by atoms with Crippen LogP contribution >= 0.6 is 0 Å². The molecule has 1 amide bonds. The summed E-state index contributed by atoms with van der Waals surface area (Å²) in [6, 6.07) is 8.19. The van der Waals surface area contributed by atoms with E-state index in [1.807, 2.05) is 18.2 Å². The summed E-state index contributed by atoms with van der Waals surface area (Å²) in [5, 5.41) is 0. The highest BCUT2D eigenvalue weighted by molar-refractivity contribution is 5.76. The van der Waals surface area contributed by atoms with Crippen LogP contribution in [0.5, 0.6) is 0 Å². The van der Waals surface area contributed by atoms with Gasteiger partial charge in [0.2, 0.25) is 5.91 Å². The topological polar surface area (TPSA) is 29.5 Å². The molecule has 0 heterocycles. The van der Waals surface area contributed by atoms with Crippen molar-refractivity contribution >= 4 is 5.91 Å². The second-order valence-corrected chi connectivity index (χ2v) is 4.97. The Morgan fingerprint density at radius 3 is 2.95 bits per heavy atom. The first-order chi connectivity index (χ1) is 9.59. The minimum absolute atomic E-state index is 0.0435.